The molecule has 0 radical (unpaired) electrons. The number of anilines is 1. The minimum Gasteiger partial charge on any atom is -0.367 e. The van der Waals surface area contributed by atoms with Crippen molar-refractivity contribution in [3.05, 3.63) is 40.0 Å². The van der Waals surface area contributed by atoms with Gasteiger partial charge >= 0.3 is 0 Å². The molecule has 22 heavy (non-hydrogen) atoms. The van der Waals surface area contributed by atoms with Crippen molar-refractivity contribution >= 4 is 23.1 Å². The lowest BCUT2D eigenvalue weighted by atomic mass is 9.88. The SMILES string of the molecule is C[C@H]1CCc2c(C(=O)NCCNc3cnccn3)csc2C1. The van der Waals surface area contributed by atoms with E-state index in [9.17, 15) is 4.79 Å². The van der Waals surface area contributed by atoms with E-state index in [4.69, 9.17) is 0 Å². The van der Waals surface area contributed by atoms with E-state index in [1.165, 1.54) is 16.9 Å². The summed E-state index contributed by atoms with van der Waals surface area (Å²) in [7, 11) is 0. The number of carbonyl (C=O) groups excluding carboxylic acids is 1. The van der Waals surface area contributed by atoms with E-state index >= 15 is 0 Å². The van der Waals surface area contributed by atoms with Crippen LogP contribution in [-0.4, -0.2) is 29.0 Å². The van der Waals surface area contributed by atoms with Crippen LogP contribution in [0.2, 0.25) is 0 Å². The second-order valence-electron chi connectivity index (χ2n) is 5.67. The molecule has 2 N–H and O–H groups in total. The minimum absolute atomic E-state index is 0.0352. The van der Waals surface area contributed by atoms with Gasteiger partial charge < -0.3 is 10.6 Å². The molecule has 2 aromatic rings. The fourth-order valence-electron chi connectivity index (χ4n) is 2.72. The van der Waals surface area contributed by atoms with Crippen LogP contribution in [0.25, 0.3) is 0 Å². The van der Waals surface area contributed by atoms with Gasteiger partial charge in [-0.25, -0.2) is 4.98 Å². The van der Waals surface area contributed by atoms with Gasteiger partial charge in [0.15, 0.2) is 0 Å². The highest BCUT2D eigenvalue weighted by Crippen LogP contribution is 2.32. The highest BCUT2D eigenvalue weighted by molar-refractivity contribution is 7.10. The fourth-order valence-corrected chi connectivity index (χ4v) is 3.96. The van der Waals surface area contributed by atoms with Crippen LogP contribution in [0.1, 0.15) is 34.1 Å². The Hall–Kier alpha value is -1.95. The largest absolute Gasteiger partial charge is 0.367 e. The quantitative estimate of drug-likeness (QED) is 0.832. The normalized spacial score (nSPS) is 16.9. The molecule has 6 heteroatoms. The van der Waals surface area contributed by atoms with E-state index in [-0.39, 0.29) is 5.91 Å². The first-order chi connectivity index (χ1) is 10.7. The standard InChI is InChI=1S/C16H20N4OS/c1-11-2-3-12-13(10-22-14(12)8-11)16(21)20-7-6-19-15-9-17-4-5-18-15/h4-5,9-11H,2-3,6-8H2,1H3,(H,18,19)(H,20,21)/t11-/m0/s1. The summed E-state index contributed by atoms with van der Waals surface area (Å²) in [5.74, 6) is 1.49. The van der Waals surface area contributed by atoms with Gasteiger partial charge in [0.25, 0.3) is 5.91 Å². The van der Waals surface area contributed by atoms with Crippen molar-refractivity contribution in [1.29, 1.82) is 0 Å². The van der Waals surface area contributed by atoms with Crippen LogP contribution in [0, 0.1) is 5.92 Å². The average molecular weight is 316 g/mol. The smallest absolute Gasteiger partial charge is 0.252 e. The molecule has 5 nitrogen and oxygen atoms in total. The third-order valence-corrected chi connectivity index (χ3v) is 4.98. The van der Waals surface area contributed by atoms with Crippen LogP contribution >= 0.6 is 11.3 Å². The van der Waals surface area contributed by atoms with E-state index in [1.807, 2.05) is 5.38 Å². The lowest BCUT2D eigenvalue weighted by Gasteiger charge is -2.18. The van der Waals surface area contributed by atoms with Crippen molar-refractivity contribution in [2.45, 2.75) is 26.2 Å². The summed E-state index contributed by atoms with van der Waals surface area (Å²) in [6.45, 7) is 3.48. The van der Waals surface area contributed by atoms with Gasteiger partial charge in [-0.15, -0.1) is 11.3 Å². The Labute approximate surface area is 134 Å². The number of fused-ring (bicyclic) bond motifs is 1. The Kier molecular flexibility index (Phi) is 4.68. The van der Waals surface area contributed by atoms with E-state index in [1.54, 1.807) is 29.9 Å². The lowest BCUT2D eigenvalue weighted by molar-refractivity contribution is 0.0954. The molecular formula is C16H20N4OS. The highest BCUT2D eigenvalue weighted by Gasteiger charge is 2.22. The zero-order chi connectivity index (χ0) is 15.4. The van der Waals surface area contributed by atoms with E-state index < -0.39 is 0 Å². The molecule has 2 aromatic heterocycles. The summed E-state index contributed by atoms with van der Waals surface area (Å²) in [6.07, 6.45) is 8.26. The summed E-state index contributed by atoms with van der Waals surface area (Å²) in [4.78, 5) is 21.8. The number of aromatic nitrogens is 2. The van der Waals surface area contributed by atoms with Crippen molar-refractivity contribution in [1.82, 2.24) is 15.3 Å². The maximum absolute atomic E-state index is 12.3. The van der Waals surface area contributed by atoms with Crippen molar-refractivity contribution in [3.63, 3.8) is 0 Å². The highest BCUT2D eigenvalue weighted by atomic mass is 32.1. The van der Waals surface area contributed by atoms with Gasteiger partial charge in [-0.05, 0) is 30.7 Å². The maximum atomic E-state index is 12.3. The predicted molar refractivity (Wildman–Crippen MR) is 88.4 cm³/mol. The molecule has 3 rings (SSSR count). The number of nitrogens with one attached hydrogen (secondary N) is 2. The zero-order valence-corrected chi connectivity index (χ0v) is 13.4. The van der Waals surface area contributed by atoms with Crippen molar-refractivity contribution in [2.75, 3.05) is 18.4 Å². The Bertz CT molecular complexity index is 641. The molecule has 0 bridgehead atoms. The van der Waals surface area contributed by atoms with Gasteiger partial charge in [0.05, 0.1) is 11.8 Å². The van der Waals surface area contributed by atoms with Crippen molar-refractivity contribution in [2.24, 2.45) is 5.92 Å². The van der Waals surface area contributed by atoms with Crippen LogP contribution in [0.5, 0.6) is 0 Å². The lowest BCUT2D eigenvalue weighted by Crippen LogP contribution is -2.29. The van der Waals surface area contributed by atoms with Gasteiger partial charge in [0, 0.05) is 35.7 Å². The summed E-state index contributed by atoms with van der Waals surface area (Å²) >= 11 is 1.73. The Morgan fingerprint density at radius 1 is 1.41 bits per heavy atom. The first-order valence-electron chi connectivity index (χ1n) is 7.61. The molecule has 1 atom stereocenters. The molecule has 0 aliphatic heterocycles. The number of nitrogens with zero attached hydrogens (tertiary/aromatic N) is 2. The number of carbonyl (C=O) groups is 1. The minimum atomic E-state index is 0.0352. The number of hydrogen-bond acceptors (Lipinski definition) is 5. The summed E-state index contributed by atoms with van der Waals surface area (Å²) < 4.78 is 0. The number of rotatable bonds is 5. The molecule has 0 spiro atoms. The summed E-state index contributed by atoms with van der Waals surface area (Å²) in [5, 5.41) is 8.11. The zero-order valence-electron chi connectivity index (χ0n) is 12.6. The van der Waals surface area contributed by atoms with Crippen LogP contribution in [0.3, 0.4) is 0 Å². The van der Waals surface area contributed by atoms with Crippen molar-refractivity contribution < 1.29 is 4.79 Å². The Morgan fingerprint density at radius 3 is 3.14 bits per heavy atom. The summed E-state index contributed by atoms with van der Waals surface area (Å²) in [6, 6.07) is 0. The molecule has 0 unspecified atom stereocenters. The van der Waals surface area contributed by atoms with Crippen LogP contribution < -0.4 is 10.6 Å². The predicted octanol–water partition coefficient (Wildman–Crippen LogP) is 2.50. The number of thiophene rings is 1. The second-order valence-corrected chi connectivity index (χ2v) is 6.64. The van der Waals surface area contributed by atoms with E-state index in [0.717, 1.165) is 30.1 Å². The van der Waals surface area contributed by atoms with Gasteiger partial charge in [0.1, 0.15) is 5.82 Å². The first-order valence-corrected chi connectivity index (χ1v) is 8.49. The van der Waals surface area contributed by atoms with Crippen LogP contribution in [0.4, 0.5) is 5.82 Å². The van der Waals surface area contributed by atoms with Gasteiger partial charge in [-0.3, -0.25) is 9.78 Å². The maximum Gasteiger partial charge on any atom is 0.252 e. The van der Waals surface area contributed by atoms with Crippen molar-refractivity contribution in [3.8, 4) is 0 Å². The molecule has 0 fully saturated rings. The molecule has 116 valence electrons. The molecule has 1 aliphatic carbocycles. The number of hydrogen-bond donors (Lipinski definition) is 2. The van der Waals surface area contributed by atoms with E-state index in [2.05, 4.69) is 27.5 Å². The number of amides is 1. The molecular weight excluding hydrogens is 296 g/mol. The second kappa shape index (κ2) is 6.87. The topological polar surface area (TPSA) is 66.9 Å². The molecule has 0 saturated heterocycles. The van der Waals surface area contributed by atoms with Gasteiger partial charge in [-0.2, -0.15) is 0 Å². The molecule has 0 saturated carbocycles. The van der Waals surface area contributed by atoms with Gasteiger partial charge in [0.2, 0.25) is 0 Å². The molecule has 1 amide bonds. The Morgan fingerprint density at radius 2 is 2.32 bits per heavy atom. The Balaban J connectivity index is 1.50. The molecule has 0 aromatic carbocycles. The first kappa shape index (κ1) is 15.0. The average Bonchev–Trinajstić information content (AvgIpc) is 2.95. The summed E-state index contributed by atoms with van der Waals surface area (Å²) in [5.41, 5.74) is 2.13. The molecule has 1 aliphatic rings. The van der Waals surface area contributed by atoms with Crippen LogP contribution in [-0.2, 0) is 12.8 Å². The van der Waals surface area contributed by atoms with Crippen LogP contribution in [0.15, 0.2) is 24.0 Å². The third-order valence-electron chi connectivity index (χ3n) is 3.93. The fraction of sp³-hybridized carbons (Fsp3) is 0.438. The molecule has 2 heterocycles. The monoisotopic (exact) mass is 316 g/mol. The van der Waals surface area contributed by atoms with Gasteiger partial charge in [-0.1, -0.05) is 6.92 Å². The third kappa shape index (κ3) is 3.44. The van der Waals surface area contributed by atoms with E-state index in [0.29, 0.717) is 13.1 Å².